The SMILES string of the molecule is CCCCCCC1CC(=O)N(SC[C@H](NC(=O)CNC(=O)[C@@H]2CCCN2C(=O)[C@@H]2CCCN2C(=O)[C@H](CCCN=C(N)N)NC(=O)[C@@H](N)CCCCN)C(=O)N[C@@H](CO)C(=O)N2CCC[C@H]2C(=O)N[C@@H](CC(C)C)C(=O)O)C1=O. The van der Waals surface area contributed by atoms with Crippen LogP contribution in [0, 0.1) is 11.8 Å². The largest absolute Gasteiger partial charge is 0.480 e. The molecule has 28 heteroatoms. The van der Waals surface area contributed by atoms with E-state index >= 15 is 0 Å². The highest BCUT2D eigenvalue weighted by atomic mass is 32.2. The second kappa shape index (κ2) is 32.8. The number of carbonyl (C=O) groups excluding carboxylic acids is 10. The summed E-state index contributed by atoms with van der Waals surface area (Å²) >= 11 is 0.684. The summed E-state index contributed by atoms with van der Waals surface area (Å²) in [6.45, 7) is 5.00. The lowest BCUT2D eigenvalue weighted by Gasteiger charge is -2.33. The van der Waals surface area contributed by atoms with E-state index in [9.17, 15) is 63.0 Å². The first-order valence-electron chi connectivity index (χ1n) is 27.9. The Morgan fingerprint density at radius 3 is 1.96 bits per heavy atom. The summed E-state index contributed by atoms with van der Waals surface area (Å²) in [6.07, 6.45) is 8.14. The molecule has 4 heterocycles. The molecule has 0 aromatic heterocycles. The van der Waals surface area contributed by atoms with E-state index in [1.54, 1.807) is 13.8 Å². The van der Waals surface area contributed by atoms with Crippen LogP contribution >= 0.6 is 11.9 Å². The number of carboxylic acids is 1. The Morgan fingerprint density at radius 2 is 1.34 bits per heavy atom. The molecule has 0 aromatic carbocycles. The first kappa shape index (κ1) is 65.4. The number of aliphatic hydroxyl groups excluding tert-OH is 1. The summed E-state index contributed by atoms with van der Waals surface area (Å²) in [7, 11) is 0. The number of aliphatic hydroxyl groups is 1. The van der Waals surface area contributed by atoms with Gasteiger partial charge in [-0.25, -0.2) is 9.10 Å². The predicted molar refractivity (Wildman–Crippen MR) is 291 cm³/mol. The molecule has 4 saturated heterocycles. The van der Waals surface area contributed by atoms with Gasteiger partial charge >= 0.3 is 5.97 Å². The van der Waals surface area contributed by atoms with Gasteiger partial charge < -0.3 is 74.4 Å². The Bertz CT molecular complexity index is 2190. The molecule has 15 N–H and O–H groups in total. The number of rotatable bonds is 33. The van der Waals surface area contributed by atoms with E-state index in [-0.39, 0.29) is 76.6 Å². The minimum absolute atomic E-state index is 0.0364. The molecule has 4 aliphatic heterocycles. The highest BCUT2D eigenvalue weighted by molar-refractivity contribution is 7.98. The maximum absolute atomic E-state index is 14.3. The number of imide groups is 1. The van der Waals surface area contributed by atoms with Gasteiger partial charge in [0, 0.05) is 44.3 Å². The molecule has 79 heavy (non-hydrogen) atoms. The Morgan fingerprint density at radius 1 is 0.722 bits per heavy atom. The van der Waals surface area contributed by atoms with Crippen LogP contribution in [0.1, 0.15) is 136 Å². The molecule has 10 amide bonds. The maximum atomic E-state index is 14.3. The zero-order valence-electron chi connectivity index (χ0n) is 46.0. The first-order chi connectivity index (χ1) is 37.6. The van der Waals surface area contributed by atoms with Crippen LogP contribution in [-0.2, 0) is 52.7 Å². The minimum atomic E-state index is -1.65. The van der Waals surface area contributed by atoms with Crippen LogP contribution in [0.15, 0.2) is 4.99 Å². The molecule has 0 aliphatic carbocycles. The van der Waals surface area contributed by atoms with Crippen molar-refractivity contribution in [3.05, 3.63) is 0 Å². The zero-order valence-corrected chi connectivity index (χ0v) is 46.8. The van der Waals surface area contributed by atoms with Crippen molar-refractivity contribution in [2.45, 2.75) is 185 Å². The normalized spacial score (nSPS) is 21.1. The highest BCUT2D eigenvalue weighted by Gasteiger charge is 2.45. The average molecular weight is 1140 g/mol. The van der Waals surface area contributed by atoms with E-state index in [2.05, 4.69) is 31.6 Å². The van der Waals surface area contributed by atoms with Crippen molar-refractivity contribution in [3.8, 4) is 0 Å². The van der Waals surface area contributed by atoms with E-state index in [0.29, 0.717) is 69.9 Å². The predicted octanol–water partition coefficient (Wildman–Crippen LogP) is -2.36. The van der Waals surface area contributed by atoms with Gasteiger partial charge in [0.05, 0.1) is 19.2 Å². The summed E-state index contributed by atoms with van der Waals surface area (Å²) < 4.78 is 0.946. The lowest BCUT2D eigenvalue weighted by molar-refractivity contribution is -0.148. The Labute approximate surface area is 466 Å². The van der Waals surface area contributed by atoms with Gasteiger partial charge in [-0.1, -0.05) is 52.9 Å². The Balaban J connectivity index is 1.46. The third-order valence-corrected chi connectivity index (χ3v) is 15.7. The van der Waals surface area contributed by atoms with Crippen molar-refractivity contribution in [1.29, 1.82) is 0 Å². The van der Waals surface area contributed by atoms with E-state index < -0.39 is 138 Å². The summed E-state index contributed by atoms with van der Waals surface area (Å²) in [5, 5.41) is 32.9. The number of unbranched alkanes of at least 4 members (excludes halogenated alkanes) is 4. The van der Waals surface area contributed by atoms with Crippen molar-refractivity contribution >= 4 is 82.9 Å². The standard InChI is InChI=1S/C51H86N14O13S/c1-4-5-6-7-14-31-26-41(68)65(46(31)73)79-29-36(43(70)61-35(28-66)48(75)62-22-12-18-38(62)45(72)60-34(50(77)78)25-30(2)3)58-40(67)27-57-44(71)37-17-11-23-63(37)49(76)39-19-13-24-64(39)47(74)33(16-10-21-56-51(54)55)59-42(69)32(53)15-8-9-20-52/h30-39,66H,4-29,52-53H2,1-3H3,(H,57,71)(H,58,67)(H,59,69)(H,60,72)(H,61,70)(H,77,78)(H4,54,55,56)/t31?,32-,33-,34-,35-,36-,37-,38-,39-/m0/s1. The third kappa shape index (κ3) is 19.6. The molecule has 1 unspecified atom stereocenters. The van der Waals surface area contributed by atoms with Crippen LogP contribution in [-0.4, -0.2) is 200 Å². The highest BCUT2D eigenvalue weighted by Crippen LogP contribution is 2.31. The summed E-state index contributed by atoms with van der Waals surface area (Å²) in [4.78, 5) is 157. The molecule has 0 radical (unpaired) electrons. The molecular weight excluding hydrogens is 1050 g/mol. The third-order valence-electron chi connectivity index (χ3n) is 14.5. The van der Waals surface area contributed by atoms with Crippen molar-refractivity contribution in [3.63, 3.8) is 0 Å². The molecule has 4 fully saturated rings. The smallest absolute Gasteiger partial charge is 0.326 e. The van der Waals surface area contributed by atoms with Crippen LogP contribution in [0.4, 0.5) is 0 Å². The van der Waals surface area contributed by atoms with Gasteiger partial charge in [-0.3, -0.25) is 52.9 Å². The van der Waals surface area contributed by atoms with Crippen LogP contribution in [0.2, 0.25) is 0 Å². The molecule has 27 nitrogen and oxygen atoms in total. The minimum Gasteiger partial charge on any atom is -0.480 e. The fourth-order valence-corrected chi connectivity index (χ4v) is 11.3. The number of aliphatic imine (C=N–C) groups is 1. The number of nitrogens with zero attached hydrogens (tertiary/aromatic N) is 5. The molecule has 0 saturated carbocycles. The molecule has 4 aliphatic rings. The van der Waals surface area contributed by atoms with Gasteiger partial charge in [0.1, 0.15) is 42.3 Å². The number of carbonyl (C=O) groups is 11. The van der Waals surface area contributed by atoms with Crippen LogP contribution in [0.3, 0.4) is 0 Å². The van der Waals surface area contributed by atoms with Gasteiger partial charge in [0.15, 0.2) is 5.96 Å². The lowest BCUT2D eigenvalue weighted by Crippen LogP contribution is -2.59. The fraction of sp³-hybridized carbons (Fsp3) is 0.765. The molecular formula is C51H86N14O13S. The van der Waals surface area contributed by atoms with Gasteiger partial charge in [-0.15, -0.1) is 0 Å². The molecule has 0 spiro atoms. The fourth-order valence-electron chi connectivity index (χ4n) is 10.3. The number of carboxylic acid groups (broad SMARTS) is 1. The number of likely N-dealkylation sites (tertiary alicyclic amines) is 3. The number of nitrogens with one attached hydrogen (secondary N) is 5. The number of hydrogen-bond acceptors (Lipinski definition) is 16. The summed E-state index contributed by atoms with van der Waals surface area (Å²) in [5.74, 6) is -9.13. The quantitative estimate of drug-likeness (QED) is 0.0108. The zero-order chi connectivity index (χ0) is 58.3. The Kier molecular flexibility index (Phi) is 27.2. The summed E-state index contributed by atoms with van der Waals surface area (Å²) in [6, 6.07) is -9.54. The topological polar surface area (TPSA) is 418 Å². The van der Waals surface area contributed by atoms with Crippen molar-refractivity contribution in [2.75, 3.05) is 51.6 Å². The molecule has 444 valence electrons. The number of amides is 10. The number of guanidine groups is 1. The van der Waals surface area contributed by atoms with Crippen LogP contribution < -0.4 is 49.5 Å². The van der Waals surface area contributed by atoms with Gasteiger partial charge in [-0.05, 0) is 101 Å². The average Bonchev–Trinajstić information content (AvgIpc) is 4.29. The molecule has 4 rings (SSSR count). The molecule has 9 atom stereocenters. The van der Waals surface area contributed by atoms with Gasteiger partial charge in [0.25, 0.3) is 0 Å². The molecule has 0 aromatic rings. The van der Waals surface area contributed by atoms with E-state index in [4.69, 9.17) is 22.9 Å². The van der Waals surface area contributed by atoms with Gasteiger partial charge in [-0.2, -0.15) is 0 Å². The maximum Gasteiger partial charge on any atom is 0.326 e. The number of aliphatic carboxylic acids is 1. The van der Waals surface area contributed by atoms with Gasteiger partial charge in [0.2, 0.25) is 59.1 Å². The van der Waals surface area contributed by atoms with Crippen LogP contribution in [0.5, 0.6) is 0 Å². The molecule has 0 bridgehead atoms. The second-order valence-corrected chi connectivity index (χ2v) is 22.1. The first-order valence-corrected chi connectivity index (χ1v) is 28.8. The lowest BCUT2D eigenvalue weighted by atomic mass is 9.99. The number of nitrogens with two attached hydrogens (primary N) is 4. The van der Waals surface area contributed by atoms with E-state index in [0.717, 1.165) is 34.9 Å². The monoisotopic (exact) mass is 1130 g/mol. The summed E-state index contributed by atoms with van der Waals surface area (Å²) in [5.41, 5.74) is 22.7. The van der Waals surface area contributed by atoms with E-state index in [1.165, 1.54) is 9.80 Å². The van der Waals surface area contributed by atoms with Crippen molar-refractivity contribution in [1.82, 2.24) is 45.6 Å². The van der Waals surface area contributed by atoms with E-state index in [1.807, 2.05) is 6.92 Å². The number of hydrogen-bond donors (Lipinski definition) is 11. The Hall–Kier alpha value is -6.13. The van der Waals surface area contributed by atoms with Crippen molar-refractivity contribution in [2.24, 2.45) is 39.8 Å². The van der Waals surface area contributed by atoms with Crippen LogP contribution in [0.25, 0.3) is 0 Å². The van der Waals surface area contributed by atoms with Crippen molar-refractivity contribution < 1.29 is 63.0 Å². The second-order valence-electron chi connectivity index (χ2n) is 21.2.